The van der Waals surface area contributed by atoms with Gasteiger partial charge in [-0.3, -0.25) is 4.79 Å². The topological polar surface area (TPSA) is 60.9 Å². The van der Waals surface area contributed by atoms with E-state index in [0.29, 0.717) is 11.5 Å². The maximum atomic E-state index is 11.8. The number of nitrogens with two attached hydrogens (primary N) is 1. The quantitative estimate of drug-likeness (QED) is 0.863. The van der Waals surface area contributed by atoms with E-state index in [0.717, 1.165) is 11.3 Å². The first-order valence-electron chi connectivity index (χ1n) is 6.01. The molecule has 2 N–H and O–H groups in total. The van der Waals surface area contributed by atoms with Crippen LogP contribution in [0.2, 0.25) is 0 Å². The zero-order chi connectivity index (χ0) is 13.8. The third kappa shape index (κ3) is 3.26. The van der Waals surface area contributed by atoms with Gasteiger partial charge in [-0.05, 0) is 6.07 Å². The van der Waals surface area contributed by atoms with Crippen molar-refractivity contribution in [3.8, 4) is 11.3 Å². The number of hydrogen-bond donors (Lipinski definition) is 1. The number of rotatable bonds is 4. The molecule has 0 saturated carbocycles. The lowest BCUT2D eigenvalue weighted by Crippen LogP contribution is -2.30. The highest BCUT2D eigenvalue weighted by atomic mass is 32.1. The first-order chi connectivity index (χ1) is 9.08. The van der Waals surface area contributed by atoms with E-state index < -0.39 is 0 Å². The normalized spacial score (nSPS) is 12.1. The molecule has 1 aromatic carbocycles. The summed E-state index contributed by atoms with van der Waals surface area (Å²) < 4.78 is 1.41. The Morgan fingerprint density at radius 1 is 1.32 bits per heavy atom. The number of thiocarbonyl (C=S) groups is 1. The highest BCUT2D eigenvalue weighted by molar-refractivity contribution is 7.80. The molecule has 0 aliphatic rings. The van der Waals surface area contributed by atoms with Crippen molar-refractivity contribution >= 4 is 17.2 Å². The van der Waals surface area contributed by atoms with Crippen molar-refractivity contribution in [3.05, 3.63) is 52.8 Å². The predicted molar refractivity (Wildman–Crippen MR) is 79.9 cm³/mol. The Morgan fingerprint density at radius 2 is 2.00 bits per heavy atom. The molecule has 1 heterocycles. The van der Waals surface area contributed by atoms with Gasteiger partial charge in [-0.25, -0.2) is 4.68 Å². The summed E-state index contributed by atoms with van der Waals surface area (Å²) >= 11 is 4.92. The molecule has 0 bridgehead atoms. The SMILES string of the molecule is C[C@@H](Cn1nc(-c2ccccc2)ccc1=O)C(N)=S. The van der Waals surface area contributed by atoms with Crippen LogP contribution in [0.3, 0.4) is 0 Å². The summed E-state index contributed by atoms with van der Waals surface area (Å²) in [6.45, 7) is 2.28. The lowest BCUT2D eigenvalue weighted by Gasteiger charge is -2.11. The van der Waals surface area contributed by atoms with Gasteiger partial charge in [-0.1, -0.05) is 49.5 Å². The standard InChI is InChI=1S/C14H15N3OS/c1-10(14(15)19)9-17-13(18)8-7-12(16-17)11-5-3-2-4-6-11/h2-8,10H,9H2,1H3,(H2,15,19)/t10-/m0/s1. The summed E-state index contributed by atoms with van der Waals surface area (Å²) in [6, 6.07) is 13.0. The van der Waals surface area contributed by atoms with Crippen molar-refractivity contribution in [3.63, 3.8) is 0 Å². The molecule has 0 amide bonds. The highest BCUT2D eigenvalue weighted by Gasteiger charge is 2.09. The van der Waals surface area contributed by atoms with Gasteiger partial charge in [0, 0.05) is 17.5 Å². The molecule has 19 heavy (non-hydrogen) atoms. The van der Waals surface area contributed by atoms with Crippen molar-refractivity contribution in [2.75, 3.05) is 0 Å². The molecule has 98 valence electrons. The lowest BCUT2D eigenvalue weighted by atomic mass is 10.1. The summed E-state index contributed by atoms with van der Waals surface area (Å²) in [7, 11) is 0. The van der Waals surface area contributed by atoms with Crippen LogP contribution in [0.25, 0.3) is 11.3 Å². The average Bonchev–Trinajstić information content (AvgIpc) is 2.42. The molecule has 1 aromatic heterocycles. The Kier molecular flexibility index (Phi) is 4.06. The van der Waals surface area contributed by atoms with Crippen LogP contribution in [0.5, 0.6) is 0 Å². The number of nitrogens with zero attached hydrogens (tertiary/aromatic N) is 2. The summed E-state index contributed by atoms with van der Waals surface area (Å²) in [6.07, 6.45) is 0. The molecule has 0 spiro atoms. The van der Waals surface area contributed by atoms with Crippen molar-refractivity contribution in [1.82, 2.24) is 9.78 Å². The lowest BCUT2D eigenvalue weighted by molar-refractivity contribution is 0.518. The molecule has 0 radical (unpaired) electrons. The molecule has 5 heteroatoms. The fourth-order valence-electron chi connectivity index (χ4n) is 1.69. The number of benzene rings is 1. The van der Waals surface area contributed by atoms with Crippen LogP contribution in [0, 0.1) is 5.92 Å². The molecule has 0 aliphatic heterocycles. The van der Waals surface area contributed by atoms with E-state index in [9.17, 15) is 4.79 Å². The molecule has 0 aliphatic carbocycles. The first-order valence-corrected chi connectivity index (χ1v) is 6.41. The van der Waals surface area contributed by atoms with Crippen LogP contribution >= 0.6 is 12.2 Å². The molecule has 0 fully saturated rings. The molecular weight excluding hydrogens is 258 g/mol. The molecule has 2 rings (SSSR count). The third-order valence-electron chi connectivity index (χ3n) is 2.87. The van der Waals surface area contributed by atoms with Gasteiger partial charge in [0.05, 0.1) is 17.2 Å². The molecule has 4 nitrogen and oxygen atoms in total. The largest absolute Gasteiger partial charge is 0.393 e. The van der Waals surface area contributed by atoms with E-state index in [2.05, 4.69) is 5.10 Å². The maximum absolute atomic E-state index is 11.8. The Balaban J connectivity index is 2.35. The van der Waals surface area contributed by atoms with E-state index in [1.165, 1.54) is 10.7 Å². The summed E-state index contributed by atoms with van der Waals surface area (Å²) in [4.78, 5) is 12.2. The zero-order valence-electron chi connectivity index (χ0n) is 10.6. The van der Waals surface area contributed by atoms with Gasteiger partial charge < -0.3 is 5.73 Å². The van der Waals surface area contributed by atoms with Crippen LogP contribution in [0.4, 0.5) is 0 Å². The maximum Gasteiger partial charge on any atom is 0.266 e. The van der Waals surface area contributed by atoms with Gasteiger partial charge in [-0.15, -0.1) is 0 Å². The summed E-state index contributed by atoms with van der Waals surface area (Å²) in [5, 5.41) is 4.35. The first kappa shape index (κ1) is 13.4. The van der Waals surface area contributed by atoms with Gasteiger partial charge in [0.25, 0.3) is 5.56 Å². The monoisotopic (exact) mass is 273 g/mol. The minimum atomic E-state index is -0.150. The van der Waals surface area contributed by atoms with Crippen molar-refractivity contribution < 1.29 is 0 Å². The molecular formula is C14H15N3OS. The Labute approximate surface area is 116 Å². The fourth-order valence-corrected chi connectivity index (χ4v) is 1.77. The smallest absolute Gasteiger partial charge is 0.266 e. The second kappa shape index (κ2) is 5.75. The van der Waals surface area contributed by atoms with E-state index in [1.54, 1.807) is 6.07 Å². The molecule has 0 unspecified atom stereocenters. The van der Waals surface area contributed by atoms with Crippen LogP contribution in [-0.4, -0.2) is 14.8 Å². The van der Waals surface area contributed by atoms with Crippen LogP contribution in [0.15, 0.2) is 47.3 Å². The summed E-state index contributed by atoms with van der Waals surface area (Å²) in [5.74, 6) is -0.0637. The summed E-state index contributed by atoms with van der Waals surface area (Å²) in [5.41, 5.74) is 7.15. The van der Waals surface area contributed by atoms with Crippen molar-refractivity contribution in [2.24, 2.45) is 11.7 Å². The van der Waals surface area contributed by atoms with Gasteiger partial charge in [-0.2, -0.15) is 5.10 Å². The average molecular weight is 273 g/mol. The number of hydrogen-bond acceptors (Lipinski definition) is 3. The second-order valence-corrected chi connectivity index (χ2v) is 4.88. The Bertz CT molecular complexity index is 637. The minimum Gasteiger partial charge on any atom is -0.393 e. The molecule has 0 saturated heterocycles. The van der Waals surface area contributed by atoms with E-state index in [1.807, 2.05) is 37.3 Å². The van der Waals surface area contributed by atoms with Crippen molar-refractivity contribution in [2.45, 2.75) is 13.5 Å². The van der Waals surface area contributed by atoms with Crippen LogP contribution in [-0.2, 0) is 6.54 Å². The van der Waals surface area contributed by atoms with Crippen LogP contribution < -0.4 is 11.3 Å². The van der Waals surface area contributed by atoms with E-state index in [-0.39, 0.29) is 11.5 Å². The molecule has 1 atom stereocenters. The minimum absolute atomic E-state index is 0.0637. The zero-order valence-corrected chi connectivity index (χ0v) is 11.4. The fraction of sp³-hybridized carbons (Fsp3) is 0.214. The second-order valence-electron chi connectivity index (χ2n) is 4.41. The molecule has 2 aromatic rings. The van der Waals surface area contributed by atoms with Gasteiger partial charge >= 0.3 is 0 Å². The highest BCUT2D eigenvalue weighted by Crippen LogP contribution is 2.14. The predicted octanol–water partition coefficient (Wildman–Crippen LogP) is 1.83. The van der Waals surface area contributed by atoms with Gasteiger partial charge in [0.2, 0.25) is 0 Å². The third-order valence-corrected chi connectivity index (χ3v) is 3.27. The van der Waals surface area contributed by atoms with Crippen LogP contribution in [0.1, 0.15) is 6.92 Å². The Hall–Kier alpha value is -2.01. The van der Waals surface area contributed by atoms with Gasteiger partial charge in [0.15, 0.2) is 0 Å². The van der Waals surface area contributed by atoms with E-state index in [4.69, 9.17) is 18.0 Å². The van der Waals surface area contributed by atoms with E-state index >= 15 is 0 Å². The Morgan fingerprint density at radius 3 is 2.63 bits per heavy atom. The number of aromatic nitrogens is 2. The van der Waals surface area contributed by atoms with Crippen molar-refractivity contribution in [1.29, 1.82) is 0 Å². The van der Waals surface area contributed by atoms with Gasteiger partial charge in [0.1, 0.15) is 0 Å².